The molecular weight excluding hydrogens is 392 g/mol. The molecule has 0 spiro atoms. The smallest absolute Gasteiger partial charge is 0.298 e. The van der Waals surface area contributed by atoms with E-state index in [-0.39, 0.29) is 11.8 Å². The van der Waals surface area contributed by atoms with Gasteiger partial charge in [-0.05, 0) is 43.5 Å². The van der Waals surface area contributed by atoms with Crippen LogP contribution in [0.4, 0.5) is 6.01 Å². The van der Waals surface area contributed by atoms with Crippen molar-refractivity contribution in [3.05, 3.63) is 66.4 Å². The second-order valence-electron chi connectivity index (χ2n) is 7.81. The molecule has 4 heterocycles. The van der Waals surface area contributed by atoms with Gasteiger partial charge in [0.1, 0.15) is 17.2 Å². The molecule has 8 heteroatoms. The second-order valence-corrected chi connectivity index (χ2v) is 7.81. The Kier molecular flexibility index (Phi) is 5.11. The van der Waals surface area contributed by atoms with E-state index in [0.29, 0.717) is 12.6 Å². The predicted octanol–water partition coefficient (Wildman–Crippen LogP) is 3.25. The second kappa shape index (κ2) is 8.22. The zero-order chi connectivity index (χ0) is 21.2. The Bertz CT molecular complexity index is 1160. The first-order valence-electron chi connectivity index (χ1n) is 10.5. The number of nitrogens with one attached hydrogen (secondary N) is 1. The molecule has 4 aromatic rings. The number of amides is 1. The molecule has 0 atom stereocenters. The molecule has 1 amide bonds. The van der Waals surface area contributed by atoms with Crippen LogP contribution in [0.15, 0.2) is 59.4 Å². The number of oxazole rings is 1. The number of rotatable bonds is 5. The standard InChI is InChI=1S/C23H24N6O2/c1-16-24-10-13-29(16)21-7-6-17(14-25-21)15-26-22(30)18-8-11-28(12-9-18)23-27-19-4-2-3-5-20(19)31-23/h2-7,10,13-14,18H,8-9,11-12,15H2,1H3,(H,26,30). The quantitative estimate of drug-likeness (QED) is 0.537. The summed E-state index contributed by atoms with van der Waals surface area (Å²) in [7, 11) is 0. The van der Waals surface area contributed by atoms with Crippen molar-refractivity contribution < 1.29 is 9.21 Å². The molecule has 1 fully saturated rings. The minimum absolute atomic E-state index is 0.00135. The van der Waals surface area contributed by atoms with Gasteiger partial charge in [0.15, 0.2) is 5.58 Å². The lowest BCUT2D eigenvalue weighted by molar-refractivity contribution is -0.125. The van der Waals surface area contributed by atoms with Gasteiger partial charge in [0.05, 0.1) is 0 Å². The number of carbonyl (C=O) groups excluding carboxylic acids is 1. The Morgan fingerprint density at radius 3 is 2.71 bits per heavy atom. The number of carbonyl (C=O) groups is 1. The van der Waals surface area contributed by atoms with Crippen LogP contribution >= 0.6 is 0 Å². The lowest BCUT2D eigenvalue weighted by atomic mass is 9.96. The maximum absolute atomic E-state index is 12.7. The van der Waals surface area contributed by atoms with Gasteiger partial charge in [-0.3, -0.25) is 9.36 Å². The third kappa shape index (κ3) is 4.01. The number of aryl methyl sites for hydroxylation is 1. The van der Waals surface area contributed by atoms with Gasteiger partial charge in [-0.1, -0.05) is 18.2 Å². The van der Waals surface area contributed by atoms with E-state index in [9.17, 15) is 4.79 Å². The van der Waals surface area contributed by atoms with Gasteiger partial charge in [-0.25, -0.2) is 9.97 Å². The fourth-order valence-corrected chi connectivity index (χ4v) is 3.95. The summed E-state index contributed by atoms with van der Waals surface area (Å²) in [6.07, 6.45) is 6.99. The summed E-state index contributed by atoms with van der Waals surface area (Å²) in [4.78, 5) is 28.0. The van der Waals surface area contributed by atoms with Gasteiger partial charge in [-0.2, -0.15) is 4.98 Å². The highest BCUT2D eigenvalue weighted by Gasteiger charge is 2.27. The molecular formula is C23H24N6O2. The van der Waals surface area contributed by atoms with Crippen molar-refractivity contribution in [2.75, 3.05) is 18.0 Å². The molecule has 3 aromatic heterocycles. The first kappa shape index (κ1) is 19.3. The normalized spacial score (nSPS) is 14.8. The number of piperidine rings is 1. The fraction of sp³-hybridized carbons (Fsp3) is 0.304. The van der Waals surface area contributed by atoms with Crippen LogP contribution in [-0.4, -0.2) is 38.5 Å². The molecule has 0 radical (unpaired) electrons. The molecule has 8 nitrogen and oxygen atoms in total. The van der Waals surface area contributed by atoms with E-state index in [1.54, 1.807) is 12.4 Å². The van der Waals surface area contributed by atoms with Crippen LogP contribution in [0.5, 0.6) is 0 Å². The summed E-state index contributed by atoms with van der Waals surface area (Å²) in [5, 5.41) is 3.05. The van der Waals surface area contributed by atoms with Crippen LogP contribution in [0.1, 0.15) is 24.2 Å². The third-order valence-electron chi connectivity index (χ3n) is 5.77. The summed E-state index contributed by atoms with van der Waals surface area (Å²) in [6, 6.07) is 12.3. The minimum Gasteiger partial charge on any atom is -0.423 e. The van der Waals surface area contributed by atoms with Crippen LogP contribution in [-0.2, 0) is 11.3 Å². The Morgan fingerprint density at radius 1 is 1.16 bits per heavy atom. The summed E-state index contributed by atoms with van der Waals surface area (Å²) in [5.74, 6) is 1.79. The van der Waals surface area contributed by atoms with Crippen LogP contribution < -0.4 is 10.2 Å². The molecule has 5 rings (SSSR count). The Morgan fingerprint density at radius 2 is 2.00 bits per heavy atom. The van der Waals surface area contributed by atoms with E-state index in [4.69, 9.17) is 4.42 Å². The van der Waals surface area contributed by atoms with Crippen molar-refractivity contribution in [3.8, 4) is 5.82 Å². The molecule has 1 aliphatic rings. The van der Waals surface area contributed by atoms with Crippen LogP contribution in [0.25, 0.3) is 16.9 Å². The van der Waals surface area contributed by atoms with E-state index in [1.807, 2.05) is 54.1 Å². The Labute approximate surface area is 179 Å². The Balaban J connectivity index is 1.13. The number of pyridine rings is 1. The molecule has 1 N–H and O–H groups in total. The van der Waals surface area contributed by atoms with E-state index >= 15 is 0 Å². The number of imidazole rings is 1. The molecule has 0 saturated carbocycles. The molecule has 1 aromatic carbocycles. The van der Waals surface area contributed by atoms with E-state index in [1.165, 1.54) is 0 Å². The predicted molar refractivity (Wildman–Crippen MR) is 117 cm³/mol. The van der Waals surface area contributed by atoms with E-state index in [2.05, 4.69) is 25.2 Å². The van der Waals surface area contributed by atoms with Crippen molar-refractivity contribution in [1.29, 1.82) is 0 Å². The van der Waals surface area contributed by atoms with Gasteiger partial charge in [0, 0.05) is 44.1 Å². The molecule has 31 heavy (non-hydrogen) atoms. The average molecular weight is 416 g/mol. The van der Waals surface area contributed by atoms with Crippen LogP contribution in [0.2, 0.25) is 0 Å². The van der Waals surface area contributed by atoms with Gasteiger partial charge in [0.25, 0.3) is 6.01 Å². The largest absolute Gasteiger partial charge is 0.423 e. The monoisotopic (exact) mass is 416 g/mol. The number of anilines is 1. The van der Waals surface area contributed by atoms with Crippen molar-refractivity contribution in [3.63, 3.8) is 0 Å². The van der Waals surface area contributed by atoms with Gasteiger partial charge in [0.2, 0.25) is 5.91 Å². The zero-order valence-corrected chi connectivity index (χ0v) is 17.4. The summed E-state index contributed by atoms with van der Waals surface area (Å²) < 4.78 is 7.78. The van der Waals surface area contributed by atoms with Gasteiger partial charge < -0.3 is 14.6 Å². The van der Waals surface area contributed by atoms with Gasteiger partial charge >= 0.3 is 0 Å². The van der Waals surface area contributed by atoms with Crippen LogP contribution in [0.3, 0.4) is 0 Å². The topological polar surface area (TPSA) is 89.1 Å². The number of aromatic nitrogens is 4. The zero-order valence-electron chi connectivity index (χ0n) is 17.4. The highest BCUT2D eigenvalue weighted by Crippen LogP contribution is 2.26. The summed E-state index contributed by atoms with van der Waals surface area (Å²) in [5.41, 5.74) is 2.62. The lowest BCUT2D eigenvalue weighted by Crippen LogP contribution is -2.40. The summed E-state index contributed by atoms with van der Waals surface area (Å²) >= 11 is 0. The maximum atomic E-state index is 12.7. The lowest BCUT2D eigenvalue weighted by Gasteiger charge is -2.30. The fourth-order valence-electron chi connectivity index (χ4n) is 3.95. The molecule has 158 valence electrons. The van der Waals surface area contributed by atoms with Crippen molar-refractivity contribution >= 4 is 23.0 Å². The SMILES string of the molecule is Cc1nccn1-c1ccc(CNC(=O)C2CCN(c3nc4ccccc4o3)CC2)cn1. The highest BCUT2D eigenvalue weighted by atomic mass is 16.4. The van der Waals surface area contributed by atoms with Crippen molar-refractivity contribution in [1.82, 2.24) is 24.8 Å². The number of para-hydroxylation sites is 2. The average Bonchev–Trinajstić information content (AvgIpc) is 3.44. The third-order valence-corrected chi connectivity index (χ3v) is 5.77. The maximum Gasteiger partial charge on any atom is 0.298 e. The van der Waals surface area contributed by atoms with E-state index < -0.39 is 0 Å². The first-order chi connectivity index (χ1) is 15.2. The summed E-state index contributed by atoms with van der Waals surface area (Å²) in [6.45, 7) is 3.92. The number of benzene rings is 1. The van der Waals surface area contributed by atoms with E-state index in [0.717, 1.165) is 54.2 Å². The number of hydrogen-bond donors (Lipinski definition) is 1. The number of fused-ring (bicyclic) bond motifs is 1. The number of hydrogen-bond acceptors (Lipinski definition) is 6. The van der Waals surface area contributed by atoms with Crippen LogP contribution in [0, 0.1) is 12.8 Å². The van der Waals surface area contributed by atoms with Crippen molar-refractivity contribution in [2.24, 2.45) is 5.92 Å². The number of nitrogens with zero attached hydrogens (tertiary/aromatic N) is 5. The van der Waals surface area contributed by atoms with Gasteiger partial charge in [-0.15, -0.1) is 0 Å². The molecule has 0 unspecified atom stereocenters. The molecule has 1 aliphatic heterocycles. The molecule has 0 aliphatic carbocycles. The first-order valence-corrected chi connectivity index (χ1v) is 10.5. The minimum atomic E-state index is 0.00135. The highest BCUT2D eigenvalue weighted by molar-refractivity contribution is 5.79. The molecule has 0 bridgehead atoms. The molecule has 1 saturated heterocycles. The Hall–Kier alpha value is -3.68. The van der Waals surface area contributed by atoms with Crippen molar-refractivity contribution in [2.45, 2.75) is 26.3 Å².